The Labute approximate surface area is 162 Å². The highest BCUT2D eigenvalue weighted by Crippen LogP contribution is 2.29. The normalized spacial score (nSPS) is 11.4. The number of anilines is 1. The number of thiazole rings is 1. The molecule has 0 atom stereocenters. The van der Waals surface area contributed by atoms with Crippen molar-refractivity contribution < 1.29 is 13.6 Å². The topological polar surface area (TPSA) is 73.0 Å². The van der Waals surface area contributed by atoms with E-state index in [9.17, 15) is 9.18 Å². The van der Waals surface area contributed by atoms with E-state index < -0.39 is 11.7 Å². The second kappa shape index (κ2) is 6.28. The van der Waals surface area contributed by atoms with Gasteiger partial charge in [0.2, 0.25) is 5.13 Å². The first kappa shape index (κ1) is 16.6. The highest BCUT2D eigenvalue weighted by atomic mass is 32.1. The minimum absolute atomic E-state index is 0.196. The van der Waals surface area contributed by atoms with Gasteiger partial charge in [-0.2, -0.15) is 9.78 Å². The van der Waals surface area contributed by atoms with Gasteiger partial charge in [-0.25, -0.2) is 9.37 Å². The van der Waals surface area contributed by atoms with Gasteiger partial charge in [0.1, 0.15) is 22.7 Å². The molecule has 28 heavy (non-hydrogen) atoms. The molecular weight excluding hydrogens is 379 g/mol. The molecular formula is C20H13FN4O2S. The van der Waals surface area contributed by atoms with Crippen LogP contribution >= 0.6 is 11.3 Å². The predicted molar refractivity (Wildman–Crippen MR) is 106 cm³/mol. The zero-order valence-corrected chi connectivity index (χ0v) is 15.5. The fourth-order valence-electron chi connectivity index (χ4n) is 3.00. The fraction of sp³-hybridized carbons (Fsp3) is 0.0500. The van der Waals surface area contributed by atoms with Crippen LogP contribution in [0.4, 0.5) is 10.2 Å². The lowest BCUT2D eigenvalue weighted by atomic mass is 10.2. The Hall–Kier alpha value is -3.52. The van der Waals surface area contributed by atoms with Crippen LogP contribution < -0.4 is 5.32 Å². The van der Waals surface area contributed by atoms with Crippen LogP contribution in [-0.2, 0) is 0 Å². The van der Waals surface area contributed by atoms with Gasteiger partial charge in [-0.3, -0.25) is 4.79 Å². The summed E-state index contributed by atoms with van der Waals surface area (Å²) < 4.78 is 21.8. The number of nitrogens with one attached hydrogen (secondary N) is 1. The molecule has 0 fully saturated rings. The van der Waals surface area contributed by atoms with Crippen LogP contribution in [0.2, 0.25) is 0 Å². The number of carbonyl (C=O) groups excluding carboxylic acids is 1. The highest BCUT2D eigenvalue weighted by Gasteiger charge is 2.18. The van der Waals surface area contributed by atoms with Crippen molar-refractivity contribution in [1.29, 1.82) is 0 Å². The Morgan fingerprint density at radius 3 is 2.86 bits per heavy atom. The monoisotopic (exact) mass is 392 g/mol. The Bertz CT molecular complexity index is 1320. The first-order valence-corrected chi connectivity index (χ1v) is 9.32. The van der Waals surface area contributed by atoms with Gasteiger partial charge in [0.15, 0.2) is 5.76 Å². The van der Waals surface area contributed by atoms with Crippen molar-refractivity contribution in [2.45, 2.75) is 6.92 Å². The summed E-state index contributed by atoms with van der Waals surface area (Å²) in [6, 6.07) is 15.6. The average Bonchev–Trinajstić information content (AvgIpc) is 3.38. The summed E-state index contributed by atoms with van der Waals surface area (Å²) in [5.41, 5.74) is 1.61. The minimum Gasteiger partial charge on any atom is -0.451 e. The molecule has 0 aliphatic rings. The van der Waals surface area contributed by atoms with Gasteiger partial charge < -0.3 is 9.73 Å². The van der Waals surface area contributed by atoms with Crippen molar-refractivity contribution >= 4 is 44.2 Å². The molecule has 1 amide bonds. The van der Waals surface area contributed by atoms with Crippen LogP contribution in [-0.4, -0.2) is 20.7 Å². The van der Waals surface area contributed by atoms with Crippen LogP contribution in [0, 0.1) is 12.7 Å². The molecule has 5 rings (SSSR count). The zero-order chi connectivity index (χ0) is 19.3. The van der Waals surface area contributed by atoms with E-state index in [1.807, 2.05) is 18.2 Å². The van der Waals surface area contributed by atoms with Gasteiger partial charge in [0.05, 0.1) is 10.4 Å². The molecule has 2 aromatic carbocycles. The largest absolute Gasteiger partial charge is 0.451 e. The second-order valence-electron chi connectivity index (χ2n) is 6.27. The highest BCUT2D eigenvalue weighted by molar-refractivity contribution is 7.20. The SMILES string of the molecule is Cc1cc(NC(=O)c2cc3ccccc3o2)n(-c2nc3c(F)cccc3s2)n1. The molecule has 8 heteroatoms. The molecule has 0 bridgehead atoms. The van der Waals surface area contributed by atoms with Crippen LogP contribution in [0.15, 0.2) is 59.0 Å². The summed E-state index contributed by atoms with van der Waals surface area (Å²) in [7, 11) is 0. The third-order valence-corrected chi connectivity index (χ3v) is 5.26. The Morgan fingerprint density at radius 1 is 1.18 bits per heavy atom. The van der Waals surface area contributed by atoms with Gasteiger partial charge in [-0.1, -0.05) is 35.6 Å². The Morgan fingerprint density at radius 2 is 2.04 bits per heavy atom. The van der Waals surface area contributed by atoms with E-state index in [0.717, 1.165) is 5.39 Å². The van der Waals surface area contributed by atoms with Gasteiger partial charge in [-0.15, -0.1) is 0 Å². The van der Waals surface area contributed by atoms with Crippen molar-refractivity contribution in [3.05, 3.63) is 71.9 Å². The van der Waals surface area contributed by atoms with E-state index in [2.05, 4.69) is 15.4 Å². The second-order valence-corrected chi connectivity index (χ2v) is 7.28. The summed E-state index contributed by atoms with van der Waals surface area (Å²) in [6.45, 7) is 1.81. The number of halogens is 1. The molecule has 6 nitrogen and oxygen atoms in total. The molecule has 0 radical (unpaired) electrons. The number of fused-ring (bicyclic) bond motifs is 2. The molecule has 0 aliphatic heterocycles. The van der Waals surface area contributed by atoms with E-state index in [1.165, 1.54) is 22.1 Å². The fourth-order valence-corrected chi connectivity index (χ4v) is 3.95. The number of para-hydroxylation sites is 2. The minimum atomic E-state index is -0.398. The summed E-state index contributed by atoms with van der Waals surface area (Å²) in [6.07, 6.45) is 0. The summed E-state index contributed by atoms with van der Waals surface area (Å²) in [4.78, 5) is 17.0. The van der Waals surface area contributed by atoms with E-state index in [1.54, 1.807) is 37.3 Å². The molecule has 0 saturated heterocycles. The summed E-state index contributed by atoms with van der Waals surface area (Å²) in [5.74, 6) is -0.161. The number of nitrogens with zero attached hydrogens (tertiary/aromatic N) is 3. The van der Waals surface area contributed by atoms with Gasteiger partial charge >= 0.3 is 0 Å². The maximum Gasteiger partial charge on any atom is 0.292 e. The van der Waals surface area contributed by atoms with E-state index in [0.29, 0.717) is 26.9 Å². The van der Waals surface area contributed by atoms with Crippen molar-refractivity contribution in [1.82, 2.24) is 14.8 Å². The van der Waals surface area contributed by atoms with Crippen molar-refractivity contribution in [2.24, 2.45) is 0 Å². The number of amides is 1. The van der Waals surface area contributed by atoms with Crippen molar-refractivity contribution in [3.8, 4) is 5.13 Å². The zero-order valence-electron chi connectivity index (χ0n) is 14.6. The lowest BCUT2D eigenvalue weighted by molar-refractivity contribution is 0.0998. The predicted octanol–water partition coefficient (Wildman–Crippen LogP) is 4.93. The average molecular weight is 392 g/mol. The maximum atomic E-state index is 14.0. The quantitative estimate of drug-likeness (QED) is 0.473. The number of hydrogen-bond donors (Lipinski definition) is 1. The van der Waals surface area contributed by atoms with Crippen LogP contribution in [0.3, 0.4) is 0 Å². The maximum absolute atomic E-state index is 14.0. The Balaban J connectivity index is 1.52. The molecule has 5 aromatic rings. The molecule has 3 heterocycles. The van der Waals surface area contributed by atoms with Gasteiger partial charge in [-0.05, 0) is 31.2 Å². The number of aryl methyl sites for hydroxylation is 1. The van der Waals surface area contributed by atoms with E-state index in [-0.39, 0.29) is 11.3 Å². The van der Waals surface area contributed by atoms with Crippen LogP contribution in [0.1, 0.15) is 16.2 Å². The summed E-state index contributed by atoms with van der Waals surface area (Å²) in [5, 5.41) is 8.51. The smallest absolute Gasteiger partial charge is 0.292 e. The lowest BCUT2D eigenvalue weighted by Crippen LogP contribution is -2.14. The first-order chi connectivity index (χ1) is 13.6. The number of rotatable bonds is 3. The third kappa shape index (κ3) is 2.74. The molecule has 0 saturated carbocycles. The van der Waals surface area contributed by atoms with Crippen molar-refractivity contribution in [2.75, 3.05) is 5.32 Å². The number of furan rings is 1. The molecule has 1 N–H and O–H groups in total. The molecule has 0 aliphatic carbocycles. The van der Waals surface area contributed by atoms with Crippen molar-refractivity contribution in [3.63, 3.8) is 0 Å². The lowest BCUT2D eigenvalue weighted by Gasteiger charge is -2.04. The standard InChI is InChI=1S/C20H13FN4O2S/c1-11-9-17(22-19(26)15-10-12-5-2-3-7-14(12)27-15)25(24-11)20-23-18-13(21)6-4-8-16(18)28-20/h2-10H,1H3,(H,22,26). The molecule has 3 aromatic heterocycles. The first-order valence-electron chi connectivity index (χ1n) is 8.50. The molecule has 0 spiro atoms. The van der Waals surface area contributed by atoms with Crippen LogP contribution in [0.5, 0.6) is 0 Å². The number of hydrogen-bond acceptors (Lipinski definition) is 5. The van der Waals surface area contributed by atoms with Gasteiger partial charge in [0, 0.05) is 11.5 Å². The summed E-state index contributed by atoms with van der Waals surface area (Å²) >= 11 is 1.29. The molecule has 0 unspecified atom stereocenters. The third-order valence-electron chi connectivity index (χ3n) is 4.26. The number of carbonyl (C=O) groups is 1. The number of benzene rings is 2. The van der Waals surface area contributed by atoms with Crippen LogP contribution in [0.25, 0.3) is 26.3 Å². The molecule has 138 valence electrons. The van der Waals surface area contributed by atoms with E-state index >= 15 is 0 Å². The Kier molecular flexibility index (Phi) is 3.73. The number of aromatic nitrogens is 3. The van der Waals surface area contributed by atoms with E-state index in [4.69, 9.17) is 4.42 Å². The van der Waals surface area contributed by atoms with Gasteiger partial charge in [0.25, 0.3) is 5.91 Å².